The van der Waals surface area contributed by atoms with Gasteiger partial charge in [-0.05, 0) is 41.9 Å². The van der Waals surface area contributed by atoms with Crippen molar-refractivity contribution >= 4 is 44.2 Å². The summed E-state index contributed by atoms with van der Waals surface area (Å²) in [5, 5.41) is 10.9. The van der Waals surface area contributed by atoms with Crippen LogP contribution >= 0.6 is 11.5 Å². The van der Waals surface area contributed by atoms with E-state index in [-0.39, 0.29) is 5.39 Å². The van der Waals surface area contributed by atoms with Gasteiger partial charge in [0.1, 0.15) is 0 Å². The number of anilines is 2. The van der Waals surface area contributed by atoms with E-state index in [0.717, 1.165) is 16.9 Å². The van der Waals surface area contributed by atoms with Gasteiger partial charge in [0, 0.05) is 17.3 Å². The second-order valence-electron chi connectivity index (χ2n) is 4.84. The number of nitrogens with zero attached hydrogens (tertiary/aromatic N) is 3. The first-order chi connectivity index (χ1) is 11.0. The summed E-state index contributed by atoms with van der Waals surface area (Å²) in [5.74, 6) is 0.563. The summed E-state index contributed by atoms with van der Waals surface area (Å²) in [6.07, 6.45) is -2.80. The molecule has 0 aliphatic heterocycles. The lowest BCUT2D eigenvalue weighted by atomic mass is 10.2. The second-order valence-corrected chi connectivity index (χ2v) is 5.64. The van der Waals surface area contributed by atoms with Gasteiger partial charge >= 0.3 is 6.18 Å². The molecule has 0 aliphatic rings. The van der Waals surface area contributed by atoms with Crippen molar-refractivity contribution in [3.8, 4) is 0 Å². The molecule has 0 aliphatic carbocycles. The first-order valence-electron chi connectivity index (χ1n) is 6.55. The fraction of sp³-hybridized carbons (Fsp3) is 0.0714. The highest BCUT2D eigenvalue weighted by molar-refractivity contribution is 7.13. The Morgan fingerprint density at radius 1 is 1.13 bits per heavy atom. The minimum Gasteiger partial charge on any atom is -0.338 e. The van der Waals surface area contributed by atoms with Gasteiger partial charge in [-0.3, -0.25) is 5.10 Å². The molecule has 9 heteroatoms. The van der Waals surface area contributed by atoms with Crippen molar-refractivity contribution in [1.82, 2.24) is 19.6 Å². The average molecular weight is 335 g/mol. The second kappa shape index (κ2) is 4.92. The lowest BCUT2D eigenvalue weighted by Gasteiger charge is -2.05. The summed E-state index contributed by atoms with van der Waals surface area (Å²) in [6.45, 7) is 0. The topological polar surface area (TPSA) is 66.5 Å². The monoisotopic (exact) mass is 335 g/mol. The lowest BCUT2D eigenvalue weighted by molar-refractivity contribution is -0.139. The molecule has 4 rings (SSSR count). The van der Waals surface area contributed by atoms with Crippen LogP contribution in [0.1, 0.15) is 5.69 Å². The van der Waals surface area contributed by atoms with E-state index < -0.39 is 11.9 Å². The van der Waals surface area contributed by atoms with Gasteiger partial charge in [-0.1, -0.05) is 0 Å². The standard InChI is InChI=1S/C14H8F3N5S/c15-14(16,17)11-8-4-3-7(6-10(8)23-22-11)19-13-9-2-1-5-18-12(9)20-21-13/h1-6H,(H2,18,19,20,21). The Balaban J connectivity index is 1.73. The number of aromatic nitrogens is 4. The van der Waals surface area contributed by atoms with Gasteiger partial charge in [0.25, 0.3) is 0 Å². The maximum absolute atomic E-state index is 12.8. The molecule has 0 saturated carbocycles. The molecule has 0 radical (unpaired) electrons. The van der Waals surface area contributed by atoms with Crippen LogP contribution in [0.4, 0.5) is 24.7 Å². The van der Waals surface area contributed by atoms with Gasteiger partial charge in [0.2, 0.25) is 0 Å². The zero-order valence-electron chi connectivity index (χ0n) is 11.3. The first-order valence-corrected chi connectivity index (χ1v) is 7.32. The number of hydrogen-bond donors (Lipinski definition) is 2. The number of fused-ring (bicyclic) bond motifs is 2. The molecule has 4 aromatic rings. The molecule has 23 heavy (non-hydrogen) atoms. The quantitative estimate of drug-likeness (QED) is 0.572. The number of nitrogens with one attached hydrogen (secondary N) is 2. The molecule has 0 fully saturated rings. The molecule has 3 aromatic heterocycles. The van der Waals surface area contributed by atoms with E-state index in [1.807, 2.05) is 6.07 Å². The number of pyridine rings is 1. The van der Waals surface area contributed by atoms with Crippen LogP contribution < -0.4 is 5.32 Å². The SMILES string of the molecule is FC(F)(F)c1nsc2cc(Nc3n[nH]c4ncccc34)ccc12. The van der Waals surface area contributed by atoms with Crippen LogP contribution in [-0.2, 0) is 6.18 Å². The molecular weight excluding hydrogens is 327 g/mol. The van der Waals surface area contributed by atoms with Gasteiger partial charge in [-0.15, -0.1) is 0 Å². The fourth-order valence-corrected chi connectivity index (χ4v) is 3.14. The zero-order valence-corrected chi connectivity index (χ0v) is 12.2. The van der Waals surface area contributed by atoms with Crippen molar-refractivity contribution in [2.45, 2.75) is 6.18 Å². The summed E-state index contributed by atoms with van der Waals surface area (Å²) in [4.78, 5) is 4.13. The summed E-state index contributed by atoms with van der Waals surface area (Å²) in [5.41, 5.74) is 0.416. The Bertz CT molecular complexity index is 1000. The van der Waals surface area contributed by atoms with E-state index >= 15 is 0 Å². The predicted molar refractivity (Wildman–Crippen MR) is 81.8 cm³/mol. The van der Waals surface area contributed by atoms with Crippen LogP contribution in [0.2, 0.25) is 0 Å². The van der Waals surface area contributed by atoms with Crippen molar-refractivity contribution < 1.29 is 13.2 Å². The van der Waals surface area contributed by atoms with Crippen LogP contribution in [-0.4, -0.2) is 19.6 Å². The van der Waals surface area contributed by atoms with Gasteiger partial charge in [0.05, 0.1) is 10.1 Å². The summed E-state index contributed by atoms with van der Waals surface area (Å²) >= 11 is 0.821. The largest absolute Gasteiger partial charge is 0.435 e. The number of hydrogen-bond acceptors (Lipinski definition) is 5. The summed E-state index contributed by atoms with van der Waals surface area (Å²) in [7, 11) is 0. The maximum atomic E-state index is 12.8. The summed E-state index contributed by atoms with van der Waals surface area (Å²) < 4.78 is 42.5. The predicted octanol–water partition coefficient (Wildman–Crippen LogP) is 4.33. The minimum absolute atomic E-state index is 0.0987. The Morgan fingerprint density at radius 2 is 2.00 bits per heavy atom. The van der Waals surface area contributed by atoms with E-state index in [2.05, 4.69) is 24.9 Å². The number of rotatable bonds is 2. The third-order valence-electron chi connectivity index (χ3n) is 3.34. The third-order valence-corrected chi connectivity index (χ3v) is 4.15. The van der Waals surface area contributed by atoms with Crippen molar-refractivity contribution in [1.29, 1.82) is 0 Å². The van der Waals surface area contributed by atoms with Gasteiger partial charge in [-0.2, -0.15) is 22.6 Å². The van der Waals surface area contributed by atoms with Gasteiger partial charge in [-0.25, -0.2) is 4.98 Å². The Morgan fingerprint density at radius 3 is 2.83 bits per heavy atom. The molecule has 0 bridgehead atoms. The van der Waals surface area contributed by atoms with E-state index in [1.165, 1.54) is 6.07 Å². The molecule has 0 unspecified atom stereocenters. The Labute approximate surface area is 131 Å². The first kappa shape index (κ1) is 13.9. The van der Waals surface area contributed by atoms with E-state index in [1.54, 1.807) is 24.4 Å². The smallest absolute Gasteiger partial charge is 0.338 e. The third kappa shape index (κ3) is 2.38. The molecule has 0 spiro atoms. The molecule has 5 nitrogen and oxygen atoms in total. The molecule has 0 amide bonds. The normalized spacial score (nSPS) is 12.1. The van der Waals surface area contributed by atoms with Crippen molar-refractivity contribution in [3.05, 3.63) is 42.2 Å². The minimum atomic E-state index is -4.45. The summed E-state index contributed by atoms with van der Waals surface area (Å²) in [6, 6.07) is 8.24. The highest BCUT2D eigenvalue weighted by Crippen LogP contribution is 2.37. The van der Waals surface area contributed by atoms with Crippen LogP contribution in [0.15, 0.2) is 36.5 Å². The molecule has 3 heterocycles. The Hall–Kier alpha value is -2.68. The van der Waals surface area contributed by atoms with Crippen LogP contribution in [0.5, 0.6) is 0 Å². The van der Waals surface area contributed by atoms with Crippen molar-refractivity contribution in [3.63, 3.8) is 0 Å². The number of H-pyrrole nitrogens is 1. The lowest BCUT2D eigenvalue weighted by Crippen LogP contribution is -2.05. The number of aromatic amines is 1. The molecule has 1 aromatic carbocycles. The van der Waals surface area contributed by atoms with Crippen LogP contribution in [0, 0.1) is 0 Å². The van der Waals surface area contributed by atoms with E-state index in [9.17, 15) is 13.2 Å². The molecule has 2 N–H and O–H groups in total. The van der Waals surface area contributed by atoms with Crippen molar-refractivity contribution in [2.75, 3.05) is 5.32 Å². The number of benzene rings is 1. The Kier molecular flexibility index (Phi) is 2.98. The highest BCUT2D eigenvalue weighted by Gasteiger charge is 2.35. The van der Waals surface area contributed by atoms with Crippen LogP contribution in [0.3, 0.4) is 0 Å². The van der Waals surface area contributed by atoms with E-state index in [0.29, 0.717) is 21.9 Å². The zero-order chi connectivity index (χ0) is 16.0. The number of alkyl halides is 3. The van der Waals surface area contributed by atoms with Gasteiger partial charge < -0.3 is 5.32 Å². The average Bonchev–Trinajstić information content (AvgIpc) is 3.11. The highest BCUT2D eigenvalue weighted by atomic mass is 32.1. The maximum Gasteiger partial charge on any atom is 0.435 e. The fourth-order valence-electron chi connectivity index (χ4n) is 2.31. The van der Waals surface area contributed by atoms with Crippen LogP contribution in [0.25, 0.3) is 21.1 Å². The van der Waals surface area contributed by atoms with E-state index in [4.69, 9.17) is 0 Å². The van der Waals surface area contributed by atoms with Gasteiger partial charge in [0.15, 0.2) is 17.2 Å². The molecule has 0 atom stereocenters. The number of halogens is 3. The molecular formula is C14H8F3N5S. The molecule has 0 saturated heterocycles. The molecule has 116 valence electrons. The van der Waals surface area contributed by atoms with Crippen molar-refractivity contribution in [2.24, 2.45) is 0 Å².